The van der Waals surface area contributed by atoms with E-state index >= 15 is 0 Å². The fourth-order valence-corrected chi connectivity index (χ4v) is 3.78. The Morgan fingerprint density at radius 3 is 2.65 bits per heavy atom. The van der Waals surface area contributed by atoms with Gasteiger partial charge in [0.25, 0.3) is 0 Å². The van der Waals surface area contributed by atoms with Gasteiger partial charge in [0.15, 0.2) is 0 Å². The first kappa shape index (κ1) is 20.7. The first-order chi connectivity index (χ1) is 14.9. The van der Waals surface area contributed by atoms with E-state index in [-0.39, 0.29) is 24.7 Å². The molecule has 2 amide bonds. The Bertz CT molecular complexity index is 1110. The summed E-state index contributed by atoms with van der Waals surface area (Å²) in [6.07, 6.45) is 5.52. The molecule has 0 saturated heterocycles. The van der Waals surface area contributed by atoms with Crippen LogP contribution in [0.1, 0.15) is 31.0 Å². The van der Waals surface area contributed by atoms with Gasteiger partial charge in [-0.25, -0.2) is 9.67 Å². The van der Waals surface area contributed by atoms with Crippen molar-refractivity contribution in [3.05, 3.63) is 54.1 Å². The molecule has 3 aromatic heterocycles. The third-order valence-electron chi connectivity index (χ3n) is 5.24. The minimum atomic E-state index is -0.236. The number of amides is 2. The Hall–Kier alpha value is -3.55. The molecule has 8 nitrogen and oxygen atoms in total. The molecule has 1 N–H and O–H groups in total. The van der Waals surface area contributed by atoms with Crippen molar-refractivity contribution in [2.75, 3.05) is 16.8 Å². The SMILES string of the molecule is Cc1cncc(-c2ccc(NC(=O)CCC(=O)N3C[C@H](C)Cn4nc(C)cc43)nc2)c1. The summed E-state index contributed by atoms with van der Waals surface area (Å²) in [5.74, 6) is 1.28. The van der Waals surface area contributed by atoms with Gasteiger partial charge in [0.2, 0.25) is 11.8 Å². The molecule has 31 heavy (non-hydrogen) atoms. The monoisotopic (exact) mass is 418 g/mol. The number of aryl methyl sites for hydroxylation is 2. The summed E-state index contributed by atoms with van der Waals surface area (Å²) in [6.45, 7) is 7.43. The fourth-order valence-electron chi connectivity index (χ4n) is 3.78. The van der Waals surface area contributed by atoms with Crippen molar-refractivity contribution >= 4 is 23.5 Å². The highest BCUT2D eigenvalue weighted by atomic mass is 16.2. The van der Waals surface area contributed by atoms with Gasteiger partial charge in [-0.3, -0.25) is 19.5 Å². The number of pyridine rings is 2. The van der Waals surface area contributed by atoms with Gasteiger partial charge in [-0.2, -0.15) is 5.10 Å². The molecule has 0 radical (unpaired) electrons. The summed E-state index contributed by atoms with van der Waals surface area (Å²) in [4.78, 5) is 35.4. The van der Waals surface area contributed by atoms with E-state index in [2.05, 4.69) is 27.3 Å². The zero-order valence-electron chi connectivity index (χ0n) is 18.0. The largest absolute Gasteiger partial charge is 0.311 e. The molecule has 1 atom stereocenters. The zero-order chi connectivity index (χ0) is 22.0. The molecule has 0 aliphatic carbocycles. The lowest BCUT2D eigenvalue weighted by Gasteiger charge is -2.31. The van der Waals surface area contributed by atoms with Crippen LogP contribution >= 0.6 is 0 Å². The third-order valence-corrected chi connectivity index (χ3v) is 5.24. The van der Waals surface area contributed by atoms with Crippen molar-refractivity contribution < 1.29 is 9.59 Å². The Morgan fingerprint density at radius 1 is 1.06 bits per heavy atom. The molecule has 0 aromatic carbocycles. The highest BCUT2D eigenvalue weighted by Gasteiger charge is 2.27. The van der Waals surface area contributed by atoms with Crippen LogP contribution in [-0.2, 0) is 16.1 Å². The summed E-state index contributed by atoms with van der Waals surface area (Å²) < 4.78 is 1.87. The van der Waals surface area contributed by atoms with Crippen LogP contribution in [0.4, 0.5) is 11.6 Å². The van der Waals surface area contributed by atoms with Crippen molar-refractivity contribution in [2.24, 2.45) is 5.92 Å². The average Bonchev–Trinajstić information content (AvgIpc) is 3.11. The molecular weight excluding hydrogens is 392 g/mol. The molecule has 0 spiro atoms. The standard InChI is InChI=1S/C23H26N6O2/c1-15-8-19(11-24-10-15)18-4-5-20(25-12-18)26-21(30)6-7-23(31)28-13-16(2)14-29-22(28)9-17(3)27-29/h4-5,8-12,16H,6-7,13-14H2,1-3H3,(H,25,26,30)/t16-/m0/s1. The molecular formula is C23H26N6O2. The van der Waals surface area contributed by atoms with E-state index in [1.54, 1.807) is 29.6 Å². The maximum Gasteiger partial charge on any atom is 0.228 e. The molecule has 0 bridgehead atoms. The summed E-state index contributed by atoms with van der Waals surface area (Å²) >= 11 is 0. The van der Waals surface area contributed by atoms with Crippen LogP contribution in [0, 0.1) is 19.8 Å². The van der Waals surface area contributed by atoms with E-state index in [4.69, 9.17) is 0 Å². The van der Waals surface area contributed by atoms with Crippen LogP contribution < -0.4 is 10.2 Å². The van der Waals surface area contributed by atoms with Gasteiger partial charge < -0.3 is 5.32 Å². The van der Waals surface area contributed by atoms with Gasteiger partial charge in [0, 0.05) is 61.7 Å². The second-order valence-corrected chi connectivity index (χ2v) is 8.17. The van der Waals surface area contributed by atoms with Crippen molar-refractivity contribution in [1.29, 1.82) is 0 Å². The van der Waals surface area contributed by atoms with Crippen molar-refractivity contribution in [3.8, 4) is 11.1 Å². The number of nitrogens with zero attached hydrogens (tertiary/aromatic N) is 5. The van der Waals surface area contributed by atoms with Crippen molar-refractivity contribution in [3.63, 3.8) is 0 Å². The summed E-state index contributed by atoms with van der Waals surface area (Å²) in [5.41, 5.74) is 3.85. The second-order valence-electron chi connectivity index (χ2n) is 8.17. The molecule has 4 heterocycles. The van der Waals surface area contributed by atoms with Crippen LogP contribution in [-0.4, -0.2) is 38.1 Å². The fraction of sp³-hybridized carbons (Fsp3) is 0.348. The molecule has 1 aliphatic rings. The summed E-state index contributed by atoms with van der Waals surface area (Å²) in [7, 11) is 0. The Kier molecular flexibility index (Phi) is 5.79. The normalized spacial score (nSPS) is 15.5. The predicted octanol–water partition coefficient (Wildman–Crippen LogP) is 3.36. The molecule has 160 valence electrons. The van der Waals surface area contributed by atoms with Crippen LogP contribution in [0.25, 0.3) is 11.1 Å². The second kappa shape index (κ2) is 8.67. The van der Waals surface area contributed by atoms with Gasteiger partial charge in [-0.1, -0.05) is 6.92 Å². The van der Waals surface area contributed by atoms with Crippen molar-refractivity contribution in [2.45, 2.75) is 40.2 Å². The van der Waals surface area contributed by atoms with Crippen LogP contribution in [0.2, 0.25) is 0 Å². The Labute approximate surface area is 181 Å². The molecule has 0 saturated carbocycles. The molecule has 3 aromatic rings. The highest BCUT2D eigenvalue weighted by molar-refractivity contribution is 5.97. The van der Waals surface area contributed by atoms with E-state index < -0.39 is 0 Å². The van der Waals surface area contributed by atoms with Gasteiger partial charge in [-0.05, 0) is 43.5 Å². The highest BCUT2D eigenvalue weighted by Crippen LogP contribution is 2.25. The number of nitrogens with one attached hydrogen (secondary N) is 1. The quantitative estimate of drug-likeness (QED) is 0.686. The van der Waals surface area contributed by atoms with Gasteiger partial charge in [-0.15, -0.1) is 0 Å². The van der Waals surface area contributed by atoms with E-state index in [0.717, 1.165) is 34.7 Å². The predicted molar refractivity (Wildman–Crippen MR) is 119 cm³/mol. The lowest BCUT2D eigenvalue weighted by molar-refractivity contribution is -0.122. The molecule has 1 aliphatic heterocycles. The van der Waals surface area contributed by atoms with Crippen LogP contribution in [0.15, 0.2) is 42.9 Å². The summed E-state index contributed by atoms with van der Waals surface area (Å²) in [6, 6.07) is 7.59. The van der Waals surface area contributed by atoms with Crippen LogP contribution in [0.5, 0.6) is 0 Å². The Balaban J connectivity index is 1.34. The van der Waals surface area contributed by atoms with E-state index in [1.807, 2.05) is 36.7 Å². The smallest absolute Gasteiger partial charge is 0.228 e. The number of fused-ring (bicyclic) bond motifs is 1. The lowest BCUT2D eigenvalue weighted by Crippen LogP contribution is -2.41. The first-order valence-corrected chi connectivity index (χ1v) is 10.4. The first-order valence-electron chi connectivity index (χ1n) is 10.4. The number of carbonyl (C=O) groups excluding carboxylic acids is 2. The molecule has 0 unspecified atom stereocenters. The maximum absolute atomic E-state index is 12.8. The molecule has 0 fully saturated rings. The van der Waals surface area contributed by atoms with Crippen LogP contribution in [0.3, 0.4) is 0 Å². The Morgan fingerprint density at radius 2 is 1.90 bits per heavy atom. The molecule has 4 rings (SSSR count). The summed E-state index contributed by atoms with van der Waals surface area (Å²) in [5, 5.41) is 7.22. The number of hydrogen-bond acceptors (Lipinski definition) is 5. The van der Waals surface area contributed by atoms with Crippen molar-refractivity contribution in [1.82, 2.24) is 19.7 Å². The minimum absolute atomic E-state index is 0.0712. The zero-order valence-corrected chi connectivity index (χ0v) is 18.0. The topological polar surface area (TPSA) is 93.0 Å². The van der Waals surface area contributed by atoms with Gasteiger partial charge >= 0.3 is 0 Å². The van der Waals surface area contributed by atoms with E-state index in [9.17, 15) is 9.59 Å². The minimum Gasteiger partial charge on any atom is -0.311 e. The maximum atomic E-state index is 12.8. The number of hydrogen-bond donors (Lipinski definition) is 1. The number of anilines is 2. The third kappa shape index (κ3) is 4.79. The van der Waals surface area contributed by atoms with Gasteiger partial charge in [0.05, 0.1) is 5.69 Å². The lowest BCUT2D eigenvalue weighted by atomic mass is 10.1. The van der Waals surface area contributed by atoms with E-state index in [0.29, 0.717) is 18.3 Å². The average molecular weight is 419 g/mol. The number of rotatable bonds is 5. The van der Waals surface area contributed by atoms with Gasteiger partial charge in [0.1, 0.15) is 11.6 Å². The number of carbonyl (C=O) groups is 2. The number of aromatic nitrogens is 4. The van der Waals surface area contributed by atoms with E-state index in [1.165, 1.54) is 0 Å². The molecule has 8 heteroatoms.